The SMILES string of the molecule is Cc1c(/C=N/NC(=O)c2csc3c2CCCC3)c(=O)n(-c2ccccc2)n1-c1ccccc1. The van der Waals surface area contributed by atoms with Crippen molar-refractivity contribution in [3.05, 3.63) is 104 Å². The molecular weight excluding hydrogens is 432 g/mol. The molecule has 2 aromatic carbocycles. The Morgan fingerprint density at radius 1 is 0.970 bits per heavy atom. The van der Waals surface area contributed by atoms with Crippen molar-refractivity contribution in [3.8, 4) is 11.4 Å². The number of rotatable bonds is 5. The van der Waals surface area contributed by atoms with Crippen LogP contribution in [0.4, 0.5) is 0 Å². The molecule has 1 aliphatic carbocycles. The number of hydrazone groups is 1. The normalized spacial score (nSPS) is 13.2. The molecule has 166 valence electrons. The van der Waals surface area contributed by atoms with Gasteiger partial charge in [-0.2, -0.15) is 5.10 Å². The fourth-order valence-corrected chi connectivity index (χ4v) is 5.48. The summed E-state index contributed by atoms with van der Waals surface area (Å²) in [6.45, 7) is 1.88. The zero-order chi connectivity index (χ0) is 22.8. The molecule has 2 heterocycles. The van der Waals surface area contributed by atoms with Gasteiger partial charge in [-0.3, -0.25) is 9.59 Å². The molecule has 0 aliphatic heterocycles. The summed E-state index contributed by atoms with van der Waals surface area (Å²) in [5, 5.41) is 6.08. The second-order valence-electron chi connectivity index (χ2n) is 8.06. The van der Waals surface area contributed by atoms with Gasteiger partial charge in [0.1, 0.15) is 0 Å². The summed E-state index contributed by atoms with van der Waals surface area (Å²) in [5.74, 6) is -0.228. The number of carbonyl (C=O) groups is 1. The van der Waals surface area contributed by atoms with Gasteiger partial charge >= 0.3 is 0 Å². The first-order chi connectivity index (χ1) is 16.1. The molecular formula is C26H24N4O2S. The zero-order valence-corrected chi connectivity index (χ0v) is 19.1. The molecule has 7 heteroatoms. The molecule has 4 aromatic rings. The number of hydrogen-bond donors (Lipinski definition) is 1. The van der Waals surface area contributed by atoms with Crippen LogP contribution in [-0.2, 0) is 12.8 Å². The molecule has 0 bridgehead atoms. The lowest BCUT2D eigenvalue weighted by atomic mass is 9.96. The Labute approximate surface area is 195 Å². The average Bonchev–Trinajstić information content (AvgIpc) is 3.39. The smallest absolute Gasteiger partial charge is 0.267 e. The van der Waals surface area contributed by atoms with Crippen LogP contribution in [0.1, 0.15) is 44.9 Å². The van der Waals surface area contributed by atoms with Crippen molar-refractivity contribution >= 4 is 23.5 Å². The largest absolute Gasteiger partial charge is 0.280 e. The van der Waals surface area contributed by atoms with Crippen molar-refractivity contribution in [2.75, 3.05) is 0 Å². The van der Waals surface area contributed by atoms with Gasteiger partial charge in [0.05, 0.1) is 34.4 Å². The van der Waals surface area contributed by atoms with Crippen LogP contribution in [0.2, 0.25) is 0 Å². The van der Waals surface area contributed by atoms with Gasteiger partial charge in [-0.15, -0.1) is 11.3 Å². The third kappa shape index (κ3) is 3.96. The Hall–Kier alpha value is -3.71. The lowest BCUT2D eigenvalue weighted by Crippen LogP contribution is -2.22. The van der Waals surface area contributed by atoms with Crippen LogP contribution in [0.15, 0.2) is 75.9 Å². The van der Waals surface area contributed by atoms with E-state index in [0.29, 0.717) is 11.1 Å². The minimum atomic E-state index is -0.228. The number of hydrogen-bond acceptors (Lipinski definition) is 4. The minimum Gasteiger partial charge on any atom is -0.267 e. The highest BCUT2D eigenvalue weighted by Crippen LogP contribution is 2.30. The molecule has 0 saturated carbocycles. The van der Waals surface area contributed by atoms with Crippen LogP contribution >= 0.6 is 11.3 Å². The number of aromatic nitrogens is 2. The molecule has 1 aliphatic rings. The Bertz CT molecular complexity index is 1380. The summed E-state index contributed by atoms with van der Waals surface area (Å²) in [4.78, 5) is 27.5. The summed E-state index contributed by atoms with van der Waals surface area (Å²) < 4.78 is 3.50. The lowest BCUT2D eigenvalue weighted by Gasteiger charge is -2.13. The maximum Gasteiger partial charge on any atom is 0.280 e. The van der Waals surface area contributed by atoms with E-state index in [0.717, 1.165) is 41.9 Å². The van der Waals surface area contributed by atoms with Crippen LogP contribution in [0.25, 0.3) is 11.4 Å². The second kappa shape index (κ2) is 9.03. The van der Waals surface area contributed by atoms with E-state index in [1.54, 1.807) is 16.0 Å². The highest BCUT2D eigenvalue weighted by molar-refractivity contribution is 7.10. The molecule has 6 nitrogen and oxygen atoms in total. The predicted octanol–water partition coefficient (Wildman–Crippen LogP) is 4.64. The summed E-state index contributed by atoms with van der Waals surface area (Å²) >= 11 is 1.65. The highest BCUT2D eigenvalue weighted by Gasteiger charge is 2.21. The molecule has 1 N–H and O–H groups in total. The average molecular weight is 457 g/mol. The number of aryl methyl sites for hydroxylation is 1. The van der Waals surface area contributed by atoms with Crippen molar-refractivity contribution in [2.45, 2.75) is 32.6 Å². The molecule has 0 radical (unpaired) electrons. The van der Waals surface area contributed by atoms with E-state index in [4.69, 9.17) is 0 Å². The number of para-hydroxylation sites is 2. The highest BCUT2D eigenvalue weighted by atomic mass is 32.1. The van der Waals surface area contributed by atoms with Crippen LogP contribution in [0, 0.1) is 6.92 Å². The molecule has 5 rings (SSSR count). The molecule has 33 heavy (non-hydrogen) atoms. The van der Waals surface area contributed by atoms with E-state index in [-0.39, 0.29) is 11.5 Å². The summed E-state index contributed by atoms with van der Waals surface area (Å²) in [6, 6.07) is 19.2. The van der Waals surface area contributed by atoms with Crippen molar-refractivity contribution in [2.24, 2.45) is 5.10 Å². The number of thiophene rings is 1. The molecule has 0 fully saturated rings. The monoisotopic (exact) mass is 456 g/mol. The van der Waals surface area contributed by atoms with E-state index in [9.17, 15) is 9.59 Å². The Kier molecular flexibility index (Phi) is 5.79. The first kappa shape index (κ1) is 21.2. The molecule has 1 amide bonds. The van der Waals surface area contributed by atoms with Crippen molar-refractivity contribution in [1.29, 1.82) is 0 Å². The molecule has 0 spiro atoms. The second-order valence-corrected chi connectivity index (χ2v) is 9.02. The van der Waals surface area contributed by atoms with Crippen molar-refractivity contribution < 1.29 is 4.79 Å². The van der Waals surface area contributed by atoms with E-state index in [2.05, 4.69) is 10.5 Å². The van der Waals surface area contributed by atoms with E-state index < -0.39 is 0 Å². The lowest BCUT2D eigenvalue weighted by molar-refractivity contribution is 0.0954. The first-order valence-corrected chi connectivity index (χ1v) is 11.9. The number of nitrogens with one attached hydrogen (secondary N) is 1. The van der Waals surface area contributed by atoms with Crippen molar-refractivity contribution in [1.82, 2.24) is 14.8 Å². The molecule has 0 atom stereocenters. The fourth-order valence-electron chi connectivity index (χ4n) is 4.35. The van der Waals surface area contributed by atoms with E-state index in [1.165, 1.54) is 17.5 Å². The topological polar surface area (TPSA) is 68.4 Å². The number of amides is 1. The Morgan fingerprint density at radius 3 is 2.30 bits per heavy atom. The minimum absolute atomic E-state index is 0.200. The van der Waals surface area contributed by atoms with Gasteiger partial charge in [0.2, 0.25) is 0 Å². The van der Waals surface area contributed by atoms with Gasteiger partial charge < -0.3 is 0 Å². The number of carbonyl (C=O) groups excluding carboxylic acids is 1. The first-order valence-electron chi connectivity index (χ1n) is 11.0. The number of nitrogens with zero attached hydrogens (tertiary/aromatic N) is 3. The van der Waals surface area contributed by atoms with Crippen LogP contribution in [-0.4, -0.2) is 21.5 Å². The van der Waals surface area contributed by atoms with Crippen LogP contribution < -0.4 is 11.0 Å². The van der Waals surface area contributed by atoms with E-state index in [1.807, 2.05) is 77.6 Å². The van der Waals surface area contributed by atoms with Crippen molar-refractivity contribution in [3.63, 3.8) is 0 Å². The quantitative estimate of drug-likeness (QED) is 0.351. The fraction of sp³-hybridized carbons (Fsp3) is 0.192. The molecule has 2 aromatic heterocycles. The zero-order valence-electron chi connectivity index (χ0n) is 18.3. The Balaban J connectivity index is 1.49. The van der Waals surface area contributed by atoms with Crippen LogP contribution in [0.5, 0.6) is 0 Å². The van der Waals surface area contributed by atoms with Crippen LogP contribution in [0.3, 0.4) is 0 Å². The third-order valence-corrected chi connectivity index (χ3v) is 7.09. The third-order valence-electron chi connectivity index (χ3n) is 6.00. The molecule has 0 saturated heterocycles. The van der Waals surface area contributed by atoms with E-state index >= 15 is 0 Å². The van der Waals surface area contributed by atoms with Gasteiger partial charge in [0, 0.05) is 10.3 Å². The standard InChI is InChI=1S/C26H24N4O2S/c1-18-22(16-27-28-25(31)23-17-33-24-15-9-8-14-21(23)24)26(32)30(20-12-6-3-7-13-20)29(18)19-10-4-2-5-11-19/h2-7,10-13,16-17H,8-9,14-15H2,1H3,(H,28,31)/b27-16+. The van der Waals surface area contributed by atoms with Gasteiger partial charge in [-0.05, 0) is 62.4 Å². The molecule has 0 unspecified atom stereocenters. The van der Waals surface area contributed by atoms with Gasteiger partial charge in [-0.25, -0.2) is 14.8 Å². The Morgan fingerprint density at radius 2 is 1.61 bits per heavy atom. The number of fused-ring (bicyclic) bond motifs is 1. The van der Waals surface area contributed by atoms with Gasteiger partial charge in [-0.1, -0.05) is 36.4 Å². The van der Waals surface area contributed by atoms with Gasteiger partial charge in [0.15, 0.2) is 0 Å². The maximum absolute atomic E-state index is 13.4. The van der Waals surface area contributed by atoms with Gasteiger partial charge in [0.25, 0.3) is 11.5 Å². The summed E-state index contributed by atoms with van der Waals surface area (Å²) in [5.41, 5.74) is 7.06. The summed E-state index contributed by atoms with van der Waals surface area (Å²) in [6.07, 6.45) is 5.72. The summed E-state index contributed by atoms with van der Waals surface area (Å²) in [7, 11) is 0. The predicted molar refractivity (Wildman–Crippen MR) is 132 cm³/mol. The maximum atomic E-state index is 13.4. The number of benzene rings is 2.